The minimum absolute atomic E-state index is 0.0348. The number of hydrogen-bond donors (Lipinski definition) is 2. The number of aromatic nitrogens is 1. The van der Waals surface area contributed by atoms with Crippen LogP contribution < -0.4 is 5.32 Å². The summed E-state index contributed by atoms with van der Waals surface area (Å²) < 4.78 is 5.84. The number of ether oxygens (including phenoxy) is 1. The van der Waals surface area contributed by atoms with Gasteiger partial charge in [0, 0.05) is 18.8 Å². The van der Waals surface area contributed by atoms with Gasteiger partial charge in [0.05, 0.1) is 21.5 Å². The number of rotatable bonds is 4. The minimum atomic E-state index is -0.490. The molecule has 1 aromatic heterocycles. The largest absolute Gasteiger partial charge is 0.394 e. The maximum Gasteiger partial charge on any atom is 0.291 e. The molecule has 0 saturated carbocycles. The number of nitrogens with zero attached hydrogens (tertiary/aromatic N) is 2. The summed E-state index contributed by atoms with van der Waals surface area (Å²) >= 11 is 3.34. The lowest BCUT2D eigenvalue weighted by atomic mass is 9.91. The molecule has 2 heterocycles. The van der Waals surface area contributed by atoms with Gasteiger partial charge in [0.2, 0.25) is 0 Å². The van der Waals surface area contributed by atoms with E-state index in [1.165, 1.54) is 6.20 Å². The van der Waals surface area contributed by atoms with Crippen molar-refractivity contribution >= 4 is 27.4 Å². The van der Waals surface area contributed by atoms with Crippen LogP contribution in [0.4, 0.5) is 11.5 Å². The monoisotopic (exact) mass is 345 g/mol. The van der Waals surface area contributed by atoms with Crippen molar-refractivity contribution < 1.29 is 14.8 Å². The van der Waals surface area contributed by atoms with E-state index in [2.05, 4.69) is 26.2 Å². The average Bonchev–Trinajstić information content (AvgIpc) is 2.45. The first-order valence-electron chi connectivity index (χ1n) is 6.25. The van der Waals surface area contributed by atoms with E-state index in [4.69, 9.17) is 4.74 Å². The number of aliphatic hydroxyl groups excluding tert-OH is 1. The van der Waals surface area contributed by atoms with Crippen LogP contribution >= 0.6 is 15.9 Å². The molecule has 0 unspecified atom stereocenters. The van der Waals surface area contributed by atoms with Gasteiger partial charge < -0.3 is 15.2 Å². The number of pyridine rings is 1. The predicted octanol–water partition coefficient (Wildman–Crippen LogP) is 2.01. The molecular formula is C12H16BrN3O4. The Morgan fingerprint density at radius 2 is 2.25 bits per heavy atom. The van der Waals surface area contributed by atoms with Gasteiger partial charge in [-0.1, -0.05) is 0 Å². The van der Waals surface area contributed by atoms with Crippen molar-refractivity contribution in [2.75, 3.05) is 25.1 Å². The molecule has 8 heteroatoms. The molecule has 7 nitrogen and oxygen atoms in total. The Balaban J connectivity index is 2.29. The number of nitro groups is 1. The highest BCUT2D eigenvalue weighted by Gasteiger charge is 2.33. The van der Waals surface area contributed by atoms with Gasteiger partial charge in [0.1, 0.15) is 12.0 Å². The Bertz CT molecular complexity index is 518. The molecule has 0 bridgehead atoms. The van der Waals surface area contributed by atoms with Crippen LogP contribution in [0.25, 0.3) is 0 Å². The van der Waals surface area contributed by atoms with Crippen molar-refractivity contribution in [1.82, 2.24) is 4.98 Å². The summed E-state index contributed by atoms with van der Waals surface area (Å²) in [5, 5.41) is 23.7. The molecule has 0 aromatic carbocycles. The van der Waals surface area contributed by atoms with E-state index in [0.29, 0.717) is 41.9 Å². The zero-order valence-electron chi connectivity index (χ0n) is 11.1. The van der Waals surface area contributed by atoms with Crippen LogP contribution in [-0.2, 0) is 4.74 Å². The summed E-state index contributed by atoms with van der Waals surface area (Å²) in [6.07, 6.45) is 2.55. The third kappa shape index (κ3) is 2.92. The summed E-state index contributed by atoms with van der Waals surface area (Å²) in [5.41, 5.74) is -0.0174. The number of anilines is 1. The van der Waals surface area contributed by atoms with Crippen LogP contribution in [0.5, 0.6) is 0 Å². The van der Waals surface area contributed by atoms with Gasteiger partial charge in [-0.15, -0.1) is 0 Å². The van der Waals surface area contributed by atoms with Crippen LogP contribution in [0, 0.1) is 17.0 Å². The zero-order chi connectivity index (χ0) is 14.8. The standard InChI is InChI=1S/C12H16BrN3O4/c1-8-9(16(18)19)6-14-11(10(8)13)15-12(7-17)2-4-20-5-3-12/h6,17H,2-5,7H2,1H3,(H,14,15). The van der Waals surface area contributed by atoms with E-state index in [1.807, 2.05) is 0 Å². The van der Waals surface area contributed by atoms with Crippen molar-refractivity contribution in [1.29, 1.82) is 0 Å². The molecule has 2 N–H and O–H groups in total. The van der Waals surface area contributed by atoms with E-state index >= 15 is 0 Å². The lowest BCUT2D eigenvalue weighted by molar-refractivity contribution is -0.385. The molecule has 0 radical (unpaired) electrons. The Morgan fingerprint density at radius 1 is 1.60 bits per heavy atom. The maximum atomic E-state index is 10.9. The van der Waals surface area contributed by atoms with Crippen molar-refractivity contribution in [2.24, 2.45) is 0 Å². The van der Waals surface area contributed by atoms with Crippen molar-refractivity contribution in [2.45, 2.75) is 25.3 Å². The second kappa shape index (κ2) is 6.02. The molecule has 20 heavy (non-hydrogen) atoms. The highest BCUT2D eigenvalue weighted by Crippen LogP contribution is 2.34. The number of nitrogens with one attached hydrogen (secondary N) is 1. The van der Waals surface area contributed by atoms with E-state index in [-0.39, 0.29) is 12.3 Å². The van der Waals surface area contributed by atoms with Crippen LogP contribution in [0.1, 0.15) is 18.4 Å². The predicted molar refractivity (Wildman–Crippen MR) is 76.8 cm³/mol. The van der Waals surface area contributed by atoms with Gasteiger partial charge >= 0.3 is 0 Å². The lowest BCUT2D eigenvalue weighted by Crippen LogP contribution is -2.47. The van der Waals surface area contributed by atoms with Crippen molar-refractivity contribution in [3.8, 4) is 0 Å². The maximum absolute atomic E-state index is 10.9. The van der Waals surface area contributed by atoms with E-state index in [9.17, 15) is 15.2 Å². The molecule has 0 atom stereocenters. The molecule has 0 aliphatic carbocycles. The molecule has 1 saturated heterocycles. The molecule has 1 aliphatic rings. The SMILES string of the molecule is Cc1c([N+](=O)[O-])cnc(NC2(CO)CCOCC2)c1Br. The first-order valence-corrected chi connectivity index (χ1v) is 7.05. The molecule has 2 rings (SSSR count). The molecule has 0 spiro atoms. The second-order valence-corrected chi connectivity index (χ2v) is 5.66. The summed E-state index contributed by atoms with van der Waals surface area (Å²) in [6.45, 7) is 2.75. The molecule has 1 aliphatic heterocycles. The van der Waals surface area contributed by atoms with Crippen molar-refractivity contribution in [3.05, 3.63) is 26.3 Å². The minimum Gasteiger partial charge on any atom is -0.394 e. The fourth-order valence-electron chi connectivity index (χ4n) is 2.18. The molecule has 1 fully saturated rings. The summed E-state index contributed by atoms with van der Waals surface area (Å²) in [5.74, 6) is 0.504. The van der Waals surface area contributed by atoms with Crippen LogP contribution in [0.2, 0.25) is 0 Å². The first-order chi connectivity index (χ1) is 9.49. The fraction of sp³-hybridized carbons (Fsp3) is 0.583. The van der Waals surface area contributed by atoms with Gasteiger partial charge in [-0.25, -0.2) is 4.98 Å². The van der Waals surface area contributed by atoms with Crippen LogP contribution in [0.3, 0.4) is 0 Å². The highest BCUT2D eigenvalue weighted by molar-refractivity contribution is 9.10. The van der Waals surface area contributed by atoms with Gasteiger partial charge in [0.15, 0.2) is 0 Å². The second-order valence-electron chi connectivity index (χ2n) is 4.86. The van der Waals surface area contributed by atoms with Gasteiger partial charge in [-0.3, -0.25) is 10.1 Å². The van der Waals surface area contributed by atoms with E-state index < -0.39 is 10.5 Å². The fourth-order valence-corrected chi connectivity index (χ4v) is 2.58. The normalized spacial score (nSPS) is 17.8. The molecule has 0 amide bonds. The van der Waals surface area contributed by atoms with Crippen molar-refractivity contribution in [3.63, 3.8) is 0 Å². The van der Waals surface area contributed by atoms with Crippen LogP contribution in [0.15, 0.2) is 10.7 Å². The molecular weight excluding hydrogens is 330 g/mol. The smallest absolute Gasteiger partial charge is 0.291 e. The first kappa shape index (κ1) is 15.1. The third-order valence-corrected chi connectivity index (χ3v) is 4.54. The average molecular weight is 346 g/mol. The molecule has 1 aromatic rings. The Morgan fingerprint density at radius 3 is 2.80 bits per heavy atom. The van der Waals surface area contributed by atoms with Gasteiger partial charge in [0.25, 0.3) is 5.69 Å². The Hall–Kier alpha value is -1.25. The van der Waals surface area contributed by atoms with Gasteiger partial charge in [-0.05, 0) is 35.7 Å². The third-order valence-electron chi connectivity index (χ3n) is 3.57. The topological polar surface area (TPSA) is 97.5 Å². The number of hydrogen-bond acceptors (Lipinski definition) is 6. The van der Waals surface area contributed by atoms with E-state index in [0.717, 1.165) is 0 Å². The van der Waals surface area contributed by atoms with E-state index in [1.54, 1.807) is 6.92 Å². The lowest BCUT2D eigenvalue weighted by Gasteiger charge is -2.37. The molecule has 110 valence electrons. The Labute approximate surface area is 124 Å². The van der Waals surface area contributed by atoms with Gasteiger partial charge in [-0.2, -0.15) is 0 Å². The summed E-state index contributed by atoms with van der Waals surface area (Å²) in [7, 11) is 0. The summed E-state index contributed by atoms with van der Waals surface area (Å²) in [6, 6.07) is 0. The quantitative estimate of drug-likeness (QED) is 0.639. The van der Waals surface area contributed by atoms with Crippen LogP contribution in [-0.4, -0.2) is 40.4 Å². The Kier molecular flexibility index (Phi) is 4.56. The highest BCUT2D eigenvalue weighted by atomic mass is 79.9. The summed E-state index contributed by atoms with van der Waals surface area (Å²) in [4.78, 5) is 14.5. The number of aliphatic hydroxyl groups is 1. The number of halogens is 1. The zero-order valence-corrected chi connectivity index (χ0v) is 12.6.